The molecule has 0 aliphatic rings. The van der Waals surface area contributed by atoms with Crippen molar-refractivity contribution < 1.29 is 23.9 Å². The Morgan fingerprint density at radius 2 is 1.48 bits per heavy atom. The molecule has 0 saturated heterocycles. The zero-order valence-corrected chi connectivity index (χ0v) is 16.0. The van der Waals surface area contributed by atoms with Crippen molar-refractivity contribution in [1.29, 1.82) is 0 Å². The van der Waals surface area contributed by atoms with Gasteiger partial charge in [0.25, 0.3) is 0 Å². The predicted octanol–water partition coefficient (Wildman–Crippen LogP) is 4.72. The average molecular weight is 351 g/mol. The van der Waals surface area contributed by atoms with Crippen molar-refractivity contribution in [2.75, 3.05) is 6.54 Å². The van der Waals surface area contributed by atoms with Gasteiger partial charge in [0, 0.05) is 0 Å². The normalized spacial score (nSPS) is 11.6. The monoisotopic (exact) mass is 351 g/mol. The second kappa shape index (κ2) is 8.74. The number of rotatable bonds is 4. The van der Waals surface area contributed by atoms with Gasteiger partial charge < -0.3 is 14.3 Å². The van der Waals surface area contributed by atoms with E-state index in [1.807, 2.05) is 30.3 Å². The molecule has 0 atom stereocenters. The average Bonchev–Trinajstić information content (AvgIpc) is 2.43. The van der Waals surface area contributed by atoms with Crippen LogP contribution in [0.1, 0.15) is 53.5 Å². The number of carbonyl (C=O) groups is 2. The summed E-state index contributed by atoms with van der Waals surface area (Å²) in [5.74, 6) is 0. The lowest BCUT2D eigenvalue weighted by Crippen LogP contribution is -2.40. The number of nitrogens with zero attached hydrogens (tertiary/aromatic N) is 1. The molecule has 0 aliphatic carbocycles. The quantitative estimate of drug-likeness (QED) is 0.580. The molecule has 140 valence electrons. The Labute approximate surface area is 150 Å². The highest BCUT2D eigenvalue weighted by Gasteiger charge is 2.27. The number of amides is 1. The van der Waals surface area contributed by atoms with Gasteiger partial charge in [-0.3, -0.25) is 0 Å². The molecule has 0 saturated carbocycles. The SMILES string of the molecule is CC(C)(C)OC(=O)ON(CCCc1ccccc1)C(=O)OC(C)(C)C. The third kappa shape index (κ3) is 9.59. The molecule has 1 aromatic rings. The first-order valence-corrected chi connectivity index (χ1v) is 8.42. The fourth-order valence-corrected chi connectivity index (χ4v) is 1.92. The summed E-state index contributed by atoms with van der Waals surface area (Å²) in [7, 11) is 0. The van der Waals surface area contributed by atoms with E-state index in [0.717, 1.165) is 17.0 Å². The van der Waals surface area contributed by atoms with Crippen LogP contribution in [0.15, 0.2) is 30.3 Å². The molecule has 6 nitrogen and oxygen atoms in total. The van der Waals surface area contributed by atoms with E-state index >= 15 is 0 Å². The first kappa shape index (κ1) is 20.8. The highest BCUT2D eigenvalue weighted by atomic mass is 16.8. The molecule has 0 N–H and O–H groups in total. The van der Waals surface area contributed by atoms with Crippen molar-refractivity contribution in [3.05, 3.63) is 35.9 Å². The van der Waals surface area contributed by atoms with Crippen LogP contribution in [0.2, 0.25) is 0 Å². The summed E-state index contributed by atoms with van der Waals surface area (Å²) in [6, 6.07) is 9.87. The third-order valence-electron chi connectivity index (χ3n) is 2.84. The van der Waals surface area contributed by atoms with Gasteiger partial charge in [-0.2, -0.15) is 0 Å². The molecule has 0 spiro atoms. The maximum absolute atomic E-state index is 12.3. The van der Waals surface area contributed by atoms with Crippen LogP contribution in [0.3, 0.4) is 0 Å². The molecule has 25 heavy (non-hydrogen) atoms. The molecular formula is C19H29NO5. The predicted molar refractivity (Wildman–Crippen MR) is 95.0 cm³/mol. The van der Waals surface area contributed by atoms with Crippen LogP contribution in [0, 0.1) is 0 Å². The molecule has 0 heterocycles. The van der Waals surface area contributed by atoms with Gasteiger partial charge in [0.15, 0.2) is 0 Å². The summed E-state index contributed by atoms with van der Waals surface area (Å²) in [6.45, 7) is 10.6. The molecule has 0 aromatic heterocycles. The lowest BCUT2D eigenvalue weighted by Gasteiger charge is -2.27. The van der Waals surface area contributed by atoms with E-state index in [1.165, 1.54) is 0 Å². The van der Waals surface area contributed by atoms with Crippen molar-refractivity contribution in [2.24, 2.45) is 0 Å². The van der Waals surface area contributed by atoms with E-state index in [1.54, 1.807) is 41.5 Å². The van der Waals surface area contributed by atoms with Crippen molar-refractivity contribution >= 4 is 12.2 Å². The fraction of sp³-hybridized carbons (Fsp3) is 0.579. The number of hydrogen-bond acceptors (Lipinski definition) is 5. The standard InChI is InChI=1S/C19H29NO5/c1-18(2,3)23-16(21)20(25-17(22)24-19(4,5)6)14-10-13-15-11-8-7-9-12-15/h7-9,11-12H,10,13-14H2,1-6H3. The maximum Gasteiger partial charge on any atom is 0.534 e. The van der Waals surface area contributed by atoms with Crippen molar-refractivity contribution in [3.8, 4) is 0 Å². The van der Waals surface area contributed by atoms with E-state index in [4.69, 9.17) is 14.3 Å². The Balaban J connectivity index is 2.66. The van der Waals surface area contributed by atoms with E-state index < -0.39 is 23.5 Å². The topological polar surface area (TPSA) is 65.1 Å². The molecule has 6 heteroatoms. The molecular weight excluding hydrogens is 322 g/mol. The van der Waals surface area contributed by atoms with E-state index in [9.17, 15) is 9.59 Å². The summed E-state index contributed by atoms with van der Waals surface area (Å²) in [4.78, 5) is 29.2. The molecule has 0 fully saturated rings. The number of benzene rings is 1. The number of hydroxylamine groups is 2. The van der Waals surface area contributed by atoms with Gasteiger partial charge in [0.1, 0.15) is 11.2 Å². The maximum atomic E-state index is 12.3. The highest BCUT2D eigenvalue weighted by molar-refractivity contribution is 5.70. The number of hydrogen-bond donors (Lipinski definition) is 0. The largest absolute Gasteiger partial charge is 0.534 e. The van der Waals surface area contributed by atoms with Crippen molar-refractivity contribution in [3.63, 3.8) is 0 Å². The first-order chi connectivity index (χ1) is 11.5. The minimum absolute atomic E-state index is 0.211. The minimum Gasteiger partial charge on any atom is -0.442 e. The number of aryl methyl sites for hydroxylation is 1. The zero-order chi connectivity index (χ0) is 19.1. The van der Waals surface area contributed by atoms with Crippen LogP contribution in [0.4, 0.5) is 9.59 Å². The summed E-state index contributed by atoms with van der Waals surface area (Å²) in [5, 5.41) is 0.919. The smallest absolute Gasteiger partial charge is 0.442 e. The van der Waals surface area contributed by atoms with Gasteiger partial charge in [0.2, 0.25) is 0 Å². The van der Waals surface area contributed by atoms with Crippen LogP contribution in [-0.2, 0) is 20.7 Å². The second-order valence-corrected chi connectivity index (χ2v) is 7.73. The van der Waals surface area contributed by atoms with E-state index in [2.05, 4.69) is 0 Å². The second-order valence-electron chi connectivity index (χ2n) is 7.73. The highest BCUT2D eigenvalue weighted by Crippen LogP contribution is 2.14. The molecule has 1 amide bonds. The third-order valence-corrected chi connectivity index (χ3v) is 2.84. The molecule has 1 rings (SSSR count). The van der Waals surface area contributed by atoms with Crippen LogP contribution in [0.5, 0.6) is 0 Å². The Morgan fingerprint density at radius 3 is 2.00 bits per heavy atom. The molecule has 0 aliphatic heterocycles. The van der Waals surface area contributed by atoms with Gasteiger partial charge in [-0.05, 0) is 59.9 Å². The van der Waals surface area contributed by atoms with Crippen LogP contribution < -0.4 is 0 Å². The summed E-state index contributed by atoms with van der Waals surface area (Å²) in [6.07, 6.45) is -0.284. The lowest BCUT2D eigenvalue weighted by molar-refractivity contribution is -0.136. The van der Waals surface area contributed by atoms with Crippen molar-refractivity contribution in [2.45, 2.75) is 65.6 Å². The molecule has 0 bridgehead atoms. The molecule has 0 radical (unpaired) electrons. The van der Waals surface area contributed by atoms with Crippen molar-refractivity contribution in [1.82, 2.24) is 5.06 Å². The zero-order valence-electron chi connectivity index (χ0n) is 16.0. The first-order valence-electron chi connectivity index (χ1n) is 8.42. The van der Waals surface area contributed by atoms with Gasteiger partial charge >= 0.3 is 12.2 Å². The Hall–Kier alpha value is -2.24. The van der Waals surface area contributed by atoms with Crippen LogP contribution in [-0.4, -0.2) is 35.1 Å². The van der Waals surface area contributed by atoms with Gasteiger partial charge in [-0.15, -0.1) is 5.06 Å². The Morgan fingerprint density at radius 1 is 0.920 bits per heavy atom. The Bertz CT molecular complexity index is 557. The summed E-state index contributed by atoms with van der Waals surface area (Å²) >= 11 is 0. The summed E-state index contributed by atoms with van der Waals surface area (Å²) < 4.78 is 10.4. The molecule has 0 unspecified atom stereocenters. The lowest BCUT2D eigenvalue weighted by atomic mass is 10.1. The number of ether oxygens (including phenoxy) is 2. The summed E-state index contributed by atoms with van der Waals surface area (Å²) in [5.41, 5.74) is -0.254. The number of carbonyl (C=O) groups excluding carboxylic acids is 2. The molecule has 1 aromatic carbocycles. The van der Waals surface area contributed by atoms with Crippen LogP contribution in [0.25, 0.3) is 0 Å². The Kier molecular flexibility index (Phi) is 7.27. The van der Waals surface area contributed by atoms with Gasteiger partial charge in [0.05, 0.1) is 6.54 Å². The van der Waals surface area contributed by atoms with E-state index in [-0.39, 0.29) is 6.54 Å². The fourth-order valence-electron chi connectivity index (χ4n) is 1.92. The van der Waals surface area contributed by atoms with E-state index in [0.29, 0.717) is 6.42 Å². The van der Waals surface area contributed by atoms with Gasteiger partial charge in [-0.1, -0.05) is 30.3 Å². The minimum atomic E-state index is -0.932. The van der Waals surface area contributed by atoms with Crippen LogP contribution >= 0.6 is 0 Å². The van der Waals surface area contributed by atoms with Gasteiger partial charge in [-0.25, -0.2) is 9.59 Å².